The summed E-state index contributed by atoms with van der Waals surface area (Å²) in [6.07, 6.45) is 1.52. The Balaban J connectivity index is 1.95. The van der Waals surface area contributed by atoms with Crippen LogP contribution in [0.25, 0.3) is 0 Å². The molecular formula is C21H35NO3. The summed E-state index contributed by atoms with van der Waals surface area (Å²) in [7, 11) is 0. The third-order valence-electron chi connectivity index (χ3n) is 5.36. The van der Waals surface area contributed by atoms with Crippen LogP contribution in [-0.2, 0) is 4.74 Å². The van der Waals surface area contributed by atoms with E-state index in [0.29, 0.717) is 13.2 Å². The molecule has 1 aliphatic heterocycles. The second-order valence-electron chi connectivity index (χ2n) is 8.59. The van der Waals surface area contributed by atoms with Crippen molar-refractivity contribution in [2.24, 2.45) is 0 Å². The SMILES string of the molecule is CC[C@H](OC[C@H](O)CN1C(C)(C)CC(O)CC1(C)C)c1ccccc1. The number of hydrogen-bond acceptors (Lipinski definition) is 4. The molecule has 0 aliphatic carbocycles. The fourth-order valence-electron chi connectivity index (χ4n) is 4.37. The van der Waals surface area contributed by atoms with Crippen LogP contribution < -0.4 is 0 Å². The molecule has 0 unspecified atom stereocenters. The Morgan fingerprint density at radius 3 is 2.20 bits per heavy atom. The van der Waals surface area contributed by atoms with Crippen molar-refractivity contribution < 1.29 is 14.9 Å². The zero-order valence-electron chi connectivity index (χ0n) is 16.4. The Morgan fingerprint density at radius 1 is 1.12 bits per heavy atom. The lowest BCUT2D eigenvalue weighted by molar-refractivity contribution is -0.109. The molecule has 4 nitrogen and oxygen atoms in total. The highest BCUT2D eigenvalue weighted by molar-refractivity contribution is 5.17. The van der Waals surface area contributed by atoms with Gasteiger partial charge in [-0.3, -0.25) is 4.90 Å². The minimum absolute atomic E-state index is 0.0139. The zero-order chi connectivity index (χ0) is 18.7. The molecule has 2 N–H and O–H groups in total. The van der Waals surface area contributed by atoms with Gasteiger partial charge >= 0.3 is 0 Å². The number of rotatable bonds is 7. The van der Waals surface area contributed by atoms with Crippen LogP contribution in [-0.4, -0.2) is 51.6 Å². The Hall–Kier alpha value is -0.940. The van der Waals surface area contributed by atoms with E-state index in [1.54, 1.807) is 0 Å². The Morgan fingerprint density at radius 2 is 1.68 bits per heavy atom. The first-order valence-electron chi connectivity index (χ1n) is 9.46. The van der Waals surface area contributed by atoms with E-state index in [9.17, 15) is 10.2 Å². The molecule has 1 aromatic rings. The number of piperidine rings is 1. The van der Waals surface area contributed by atoms with Gasteiger partial charge in [-0.15, -0.1) is 0 Å². The van der Waals surface area contributed by atoms with Gasteiger partial charge in [0.2, 0.25) is 0 Å². The topological polar surface area (TPSA) is 52.9 Å². The van der Waals surface area contributed by atoms with Crippen molar-refractivity contribution in [3.63, 3.8) is 0 Å². The third-order valence-corrected chi connectivity index (χ3v) is 5.36. The second-order valence-corrected chi connectivity index (χ2v) is 8.59. The van der Waals surface area contributed by atoms with Crippen LogP contribution >= 0.6 is 0 Å². The summed E-state index contributed by atoms with van der Waals surface area (Å²) in [5, 5.41) is 20.7. The quantitative estimate of drug-likeness (QED) is 0.791. The molecular weight excluding hydrogens is 314 g/mol. The minimum atomic E-state index is -0.549. The van der Waals surface area contributed by atoms with Crippen LogP contribution in [0.2, 0.25) is 0 Å². The molecule has 0 spiro atoms. The normalized spacial score (nSPS) is 23.3. The number of aliphatic hydroxyl groups is 2. The van der Waals surface area contributed by atoms with Crippen LogP contribution in [0.4, 0.5) is 0 Å². The van der Waals surface area contributed by atoms with Gasteiger partial charge in [-0.25, -0.2) is 0 Å². The first-order chi connectivity index (χ1) is 11.7. The first-order valence-corrected chi connectivity index (χ1v) is 9.46. The van der Waals surface area contributed by atoms with E-state index in [0.717, 1.165) is 24.8 Å². The summed E-state index contributed by atoms with van der Waals surface area (Å²) >= 11 is 0. The summed E-state index contributed by atoms with van der Waals surface area (Å²) < 4.78 is 6.01. The summed E-state index contributed by atoms with van der Waals surface area (Å²) in [5.41, 5.74) is 0.858. The van der Waals surface area contributed by atoms with Crippen molar-refractivity contribution in [2.75, 3.05) is 13.2 Å². The Kier molecular flexibility index (Phi) is 6.66. The molecule has 0 radical (unpaired) electrons. The second kappa shape index (κ2) is 8.17. The summed E-state index contributed by atoms with van der Waals surface area (Å²) in [6, 6.07) is 10.2. The molecule has 0 bridgehead atoms. The molecule has 25 heavy (non-hydrogen) atoms. The molecule has 2 rings (SSSR count). The molecule has 1 aliphatic rings. The van der Waals surface area contributed by atoms with Crippen LogP contribution in [0, 0.1) is 0 Å². The molecule has 0 amide bonds. The average molecular weight is 350 g/mol. The highest BCUT2D eigenvalue weighted by atomic mass is 16.5. The van der Waals surface area contributed by atoms with Gasteiger partial charge in [0.25, 0.3) is 0 Å². The Labute approximate surface area is 152 Å². The van der Waals surface area contributed by atoms with Gasteiger partial charge in [0.1, 0.15) is 0 Å². The van der Waals surface area contributed by atoms with E-state index < -0.39 is 6.10 Å². The molecule has 1 aromatic carbocycles. The maximum Gasteiger partial charge on any atom is 0.0900 e. The minimum Gasteiger partial charge on any atom is -0.393 e. The van der Waals surface area contributed by atoms with Crippen molar-refractivity contribution in [3.8, 4) is 0 Å². The lowest BCUT2D eigenvalue weighted by Crippen LogP contribution is -2.63. The highest BCUT2D eigenvalue weighted by Gasteiger charge is 2.45. The molecule has 1 fully saturated rings. The fraction of sp³-hybridized carbons (Fsp3) is 0.714. The Bertz CT molecular complexity index is 511. The van der Waals surface area contributed by atoms with Gasteiger partial charge in [0.05, 0.1) is 24.9 Å². The van der Waals surface area contributed by atoms with Gasteiger partial charge in [-0.2, -0.15) is 0 Å². The molecule has 1 heterocycles. The summed E-state index contributed by atoms with van der Waals surface area (Å²) in [5.74, 6) is 0. The van der Waals surface area contributed by atoms with Crippen LogP contribution in [0.15, 0.2) is 30.3 Å². The maximum absolute atomic E-state index is 10.6. The van der Waals surface area contributed by atoms with E-state index in [-0.39, 0.29) is 23.3 Å². The molecule has 0 saturated carbocycles. The largest absolute Gasteiger partial charge is 0.393 e. The number of likely N-dealkylation sites (tertiary alicyclic amines) is 1. The monoisotopic (exact) mass is 349 g/mol. The highest BCUT2D eigenvalue weighted by Crippen LogP contribution is 2.38. The number of benzene rings is 1. The van der Waals surface area contributed by atoms with Crippen molar-refractivity contribution >= 4 is 0 Å². The van der Waals surface area contributed by atoms with Crippen molar-refractivity contribution in [2.45, 2.75) is 83.3 Å². The van der Waals surface area contributed by atoms with Crippen LogP contribution in [0.1, 0.15) is 65.5 Å². The summed E-state index contributed by atoms with van der Waals surface area (Å²) in [4.78, 5) is 2.32. The van der Waals surface area contributed by atoms with Crippen LogP contribution in [0.5, 0.6) is 0 Å². The molecule has 1 saturated heterocycles. The van der Waals surface area contributed by atoms with E-state index >= 15 is 0 Å². The number of hydrogen-bond donors (Lipinski definition) is 2. The van der Waals surface area contributed by atoms with Gasteiger partial charge in [-0.1, -0.05) is 37.3 Å². The molecule has 0 aromatic heterocycles. The van der Waals surface area contributed by atoms with Gasteiger partial charge in [0.15, 0.2) is 0 Å². The third kappa shape index (κ3) is 5.27. The lowest BCUT2D eigenvalue weighted by Gasteiger charge is -2.55. The van der Waals surface area contributed by atoms with E-state index in [1.807, 2.05) is 18.2 Å². The van der Waals surface area contributed by atoms with Crippen molar-refractivity contribution in [3.05, 3.63) is 35.9 Å². The number of aliphatic hydroxyl groups excluding tert-OH is 2. The van der Waals surface area contributed by atoms with Crippen LogP contribution in [0.3, 0.4) is 0 Å². The predicted molar refractivity (Wildman–Crippen MR) is 102 cm³/mol. The van der Waals surface area contributed by atoms with Gasteiger partial charge < -0.3 is 14.9 Å². The lowest BCUT2D eigenvalue weighted by atomic mass is 9.78. The standard InChI is InChI=1S/C21H35NO3/c1-6-19(16-10-8-7-9-11-16)25-15-18(24)14-22-20(2,3)12-17(23)13-21(22,4)5/h7-11,17-19,23-24H,6,12-15H2,1-5H3/t18-,19+/m1/s1. The number of β-amino-alcohol motifs (C(OH)–C–C–N with tert-alkyl or cyclic N) is 1. The molecule has 142 valence electrons. The number of nitrogens with zero attached hydrogens (tertiary/aromatic N) is 1. The first kappa shape index (κ1) is 20.4. The fourth-order valence-corrected chi connectivity index (χ4v) is 4.37. The molecule has 4 heteroatoms. The van der Waals surface area contributed by atoms with E-state index in [1.165, 1.54) is 0 Å². The maximum atomic E-state index is 10.6. The molecule has 2 atom stereocenters. The van der Waals surface area contributed by atoms with Crippen molar-refractivity contribution in [1.82, 2.24) is 4.90 Å². The zero-order valence-corrected chi connectivity index (χ0v) is 16.4. The van der Waals surface area contributed by atoms with E-state index in [2.05, 4.69) is 51.7 Å². The van der Waals surface area contributed by atoms with Crippen molar-refractivity contribution in [1.29, 1.82) is 0 Å². The summed E-state index contributed by atoms with van der Waals surface area (Å²) in [6.45, 7) is 11.5. The van der Waals surface area contributed by atoms with Gasteiger partial charge in [0, 0.05) is 17.6 Å². The van der Waals surface area contributed by atoms with Gasteiger partial charge in [-0.05, 0) is 52.5 Å². The predicted octanol–water partition coefficient (Wildman–Crippen LogP) is 3.53. The number of ether oxygens (including phenoxy) is 1. The van der Waals surface area contributed by atoms with E-state index in [4.69, 9.17) is 4.74 Å². The average Bonchev–Trinajstić information content (AvgIpc) is 2.51. The smallest absolute Gasteiger partial charge is 0.0900 e.